The number of allylic oxidation sites excluding steroid dienone is 1. The minimum atomic E-state index is -0.216. The fourth-order valence-corrected chi connectivity index (χ4v) is 0.464. The van der Waals surface area contributed by atoms with E-state index in [0.29, 0.717) is 5.92 Å². The van der Waals surface area contributed by atoms with Crippen molar-refractivity contribution in [3.05, 3.63) is 12.2 Å². The standard InChI is InChI=1S/C7H14O/c1-4-5-6(2)7(3)8/h4-8H,1-3H3/b5-4+/t6-,7-/m1/s1. The summed E-state index contributed by atoms with van der Waals surface area (Å²) in [5.41, 5.74) is 0. The largest absolute Gasteiger partial charge is 0.393 e. The predicted octanol–water partition coefficient (Wildman–Crippen LogP) is 1.58. The number of aliphatic hydroxyl groups excluding tert-OH is 1. The molecule has 0 heterocycles. The summed E-state index contributed by atoms with van der Waals surface area (Å²) in [5, 5.41) is 8.90. The molecule has 0 spiro atoms. The van der Waals surface area contributed by atoms with Crippen LogP contribution in [-0.4, -0.2) is 11.2 Å². The lowest BCUT2D eigenvalue weighted by Gasteiger charge is -2.07. The zero-order valence-electron chi connectivity index (χ0n) is 5.76. The van der Waals surface area contributed by atoms with Crippen LogP contribution in [0.1, 0.15) is 20.8 Å². The fourth-order valence-electron chi connectivity index (χ4n) is 0.464. The highest BCUT2D eigenvalue weighted by atomic mass is 16.3. The maximum absolute atomic E-state index is 8.90. The zero-order valence-corrected chi connectivity index (χ0v) is 5.76. The predicted molar refractivity (Wildman–Crippen MR) is 35.7 cm³/mol. The van der Waals surface area contributed by atoms with E-state index in [-0.39, 0.29) is 6.10 Å². The third kappa shape index (κ3) is 2.80. The number of hydrogen-bond acceptors (Lipinski definition) is 1. The monoisotopic (exact) mass is 114 g/mol. The van der Waals surface area contributed by atoms with Crippen molar-refractivity contribution in [1.29, 1.82) is 0 Å². The Labute approximate surface area is 51.0 Å². The Hall–Kier alpha value is -0.300. The van der Waals surface area contributed by atoms with E-state index < -0.39 is 0 Å². The van der Waals surface area contributed by atoms with Gasteiger partial charge in [-0.3, -0.25) is 0 Å². The Morgan fingerprint density at radius 3 is 2.00 bits per heavy atom. The molecule has 0 saturated carbocycles. The van der Waals surface area contributed by atoms with Crippen LogP contribution in [0.25, 0.3) is 0 Å². The van der Waals surface area contributed by atoms with Crippen LogP contribution in [0.15, 0.2) is 12.2 Å². The number of aliphatic hydroxyl groups is 1. The first-order valence-corrected chi connectivity index (χ1v) is 2.99. The highest BCUT2D eigenvalue weighted by Crippen LogP contribution is 2.02. The van der Waals surface area contributed by atoms with Gasteiger partial charge >= 0.3 is 0 Å². The van der Waals surface area contributed by atoms with Crippen LogP contribution in [-0.2, 0) is 0 Å². The molecule has 0 radical (unpaired) electrons. The Morgan fingerprint density at radius 2 is 1.88 bits per heavy atom. The molecule has 0 fully saturated rings. The first kappa shape index (κ1) is 7.70. The SMILES string of the molecule is C/C=C/[C@@H](C)[C@@H](C)O. The molecular weight excluding hydrogens is 100 g/mol. The maximum atomic E-state index is 8.90. The minimum Gasteiger partial charge on any atom is -0.393 e. The van der Waals surface area contributed by atoms with E-state index in [1.807, 2.05) is 26.0 Å². The number of rotatable bonds is 2. The van der Waals surface area contributed by atoms with Crippen molar-refractivity contribution in [2.45, 2.75) is 26.9 Å². The second-order valence-corrected chi connectivity index (χ2v) is 2.13. The van der Waals surface area contributed by atoms with E-state index in [0.717, 1.165) is 0 Å². The summed E-state index contributed by atoms with van der Waals surface area (Å²) in [7, 11) is 0. The third-order valence-electron chi connectivity index (χ3n) is 1.26. The average molecular weight is 114 g/mol. The van der Waals surface area contributed by atoms with Crippen LogP contribution in [0, 0.1) is 5.92 Å². The van der Waals surface area contributed by atoms with Crippen LogP contribution in [0.2, 0.25) is 0 Å². The lowest BCUT2D eigenvalue weighted by atomic mass is 10.1. The van der Waals surface area contributed by atoms with Crippen molar-refractivity contribution in [3.63, 3.8) is 0 Å². The molecule has 0 bridgehead atoms. The van der Waals surface area contributed by atoms with E-state index in [1.54, 1.807) is 6.92 Å². The molecule has 2 atom stereocenters. The van der Waals surface area contributed by atoms with Gasteiger partial charge < -0.3 is 5.11 Å². The second-order valence-electron chi connectivity index (χ2n) is 2.13. The molecule has 0 aliphatic carbocycles. The van der Waals surface area contributed by atoms with E-state index in [2.05, 4.69) is 0 Å². The van der Waals surface area contributed by atoms with E-state index in [4.69, 9.17) is 5.11 Å². The first-order chi connectivity index (χ1) is 3.68. The summed E-state index contributed by atoms with van der Waals surface area (Å²) >= 11 is 0. The van der Waals surface area contributed by atoms with Gasteiger partial charge in [0, 0.05) is 0 Å². The lowest BCUT2D eigenvalue weighted by Crippen LogP contribution is -2.09. The van der Waals surface area contributed by atoms with Crippen molar-refractivity contribution in [3.8, 4) is 0 Å². The molecular formula is C7H14O. The normalized spacial score (nSPS) is 19.0. The quantitative estimate of drug-likeness (QED) is 0.540. The second kappa shape index (κ2) is 3.67. The van der Waals surface area contributed by atoms with Crippen molar-refractivity contribution in [2.75, 3.05) is 0 Å². The number of hydrogen-bond donors (Lipinski definition) is 1. The molecule has 1 nitrogen and oxygen atoms in total. The Morgan fingerprint density at radius 1 is 1.38 bits per heavy atom. The van der Waals surface area contributed by atoms with Gasteiger partial charge in [0.15, 0.2) is 0 Å². The summed E-state index contributed by atoms with van der Waals surface area (Å²) in [6.45, 7) is 5.74. The van der Waals surface area contributed by atoms with Gasteiger partial charge in [0.2, 0.25) is 0 Å². The molecule has 1 heteroatoms. The van der Waals surface area contributed by atoms with Crippen molar-refractivity contribution >= 4 is 0 Å². The Bertz CT molecular complexity index is 74.5. The summed E-state index contributed by atoms with van der Waals surface area (Å²) < 4.78 is 0. The molecule has 8 heavy (non-hydrogen) atoms. The van der Waals surface area contributed by atoms with Gasteiger partial charge in [-0.25, -0.2) is 0 Å². The van der Waals surface area contributed by atoms with Crippen LogP contribution in [0.4, 0.5) is 0 Å². The van der Waals surface area contributed by atoms with E-state index in [1.165, 1.54) is 0 Å². The van der Waals surface area contributed by atoms with Crippen molar-refractivity contribution in [1.82, 2.24) is 0 Å². The van der Waals surface area contributed by atoms with Gasteiger partial charge in [-0.15, -0.1) is 0 Å². The molecule has 0 aromatic carbocycles. The summed E-state index contributed by atoms with van der Waals surface area (Å²) in [6.07, 6.45) is 3.73. The molecule has 0 saturated heterocycles. The molecule has 0 aromatic rings. The molecule has 0 aliphatic heterocycles. The maximum Gasteiger partial charge on any atom is 0.0572 e. The molecule has 48 valence electrons. The Balaban J connectivity index is 3.47. The van der Waals surface area contributed by atoms with Gasteiger partial charge in [0.25, 0.3) is 0 Å². The smallest absolute Gasteiger partial charge is 0.0572 e. The van der Waals surface area contributed by atoms with E-state index in [9.17, 15) is 0 Å². The van der Waals surface area contributed by atoms with Crippen molar-refractivity contribution < 1.29 is 5.11 Å². The average Bonchev–Trinajstić information content (AvgIpc) is 1.67. The highest BCUT2D eigenvalue weighted by molar-refractivity contribution is 4.85. The first-order valence-electron chi connectivity index (χ1n) is 2.99. The lowest BCUT2D eigenvalue weighted by molar-refractivity contribution is 0.157. The summed E-state index contributed by atoms with van der Waals surface area (Å²) in [4.78, 5) is 0. The molecule has 0 aliphatic rings. The molecule has 1 N–H and O–H groups in total. The fraction of sp³-hybridized carbons (Fsp3) is 0.714. The van der Waals surface area contributed by atoms with Gasteiger partial charge in [-0.1, -0.05) is 19.1 Å². The third-order valence-corrected chi connectivity index (χ3v) is 1.26. The van der Waals surface area contributed by atoms with Crippen LogP contribution >= 0.6 is 0 Å². The molecule has 0 unspecified atom stereocenters. The van der Waals surface area contributed by atoms with Gasteiger partial charge in [0.1, 0.15) is 0 Å². The highest BCUT2D eigenvalue weighted by Gasteiger charge is 2.01. The van der Waals surface area contributed by atoms with Crippen LogP contribution < -0.4 is 0 Å². The zero-order chi connectivity index (χ0) is 6.57. The topological polar surface area (TPSA) is 20.2 Å². The van der Waals surface area contributed by atoms with Gasteiger partial charge in [-0.2, -0.15) is 0 Å². The molecule has 0 aromatic heterocycles. The van der Waals surface area contributed by atoms with Crippen molar-refractivity contribution in [2.24, 2.45) is 5.92 Å². The van der Waals surface area contributed by atoms with Crippen LogP contribution in [0.5, 0.6) is 0 Å². The summed E-state index contributed by atoms with van der Waals surface area (Å²) in [6, 6.07) is 0. The van der Waals surface area contributed by atoms with Gasteiger partial charge in [0.05, 0.1) is 6.10 Å². The molecule has 0 amide bonds. The summed E-state index contributed by atoms with van der Waals surface area (Å²) in [5.74, 6) is 0.292. The molecule has 0 rings (SSSR count). The van der Waals surface area contributed by atoms with E-state index >= 15 is 0 Å². The minimum absolute atomic E-state index is 0.216. The Kier molecular flexibility index (Phi) is 3.53. The van der Waals surface area contributed by atoms with Gasteiger partial charge in [-0.05, 0) is 19.8 Å². The van der Waals surface area contributed by atoms with Crippen LogP contribution in [0.3, 0.4) is 0 Å².